The molecule has 1 aliphatic carbocycles. The fraction of sp³-hybridized carbons (Fsp3) is 0.250. The molecule has 0 saturated carbocycles. The molecule has 0 nitrogen and oxygen atoms in total. The first-order chi connectivity index (χ1) is 8.54. The van der Waals surface area contributed by atoms with Gasteiger partial charge in [0.2, 0.25) is 0 Å². The predicted octanol–water partition coefficient (Wildman–Crippen LogP) is 3.71. The van der Waals surface area contributed by atoms with Crippen molar-refractivity contribution in [2.24, 2.45) is 0 Å². The van der Waals surface area contributed by atoms with Crippen LogP contribution in [0.15, 0.2) is 36.4 Å². The van der Waals surface area contributed by atoms with Gasteiger partial charge in [-0.15, -0.1) is 0 Å². The first-order valence-corrected chi connectivity index (χ1v) is 7.55. The molecule has 1 aliphatic rings. The highest BCUT2D eigenvalue weighted by molar-refractivity contribution is 14.1. The maximum atomic E-state index is 2.40. The summed E-state index contributed by atoms with van der Waals surface area (Å²) in [5.41, 5.74) is 7.36. The lowest BCUT2D eigenvalue weighted by atomic mass is 9.71. The summed E-state index contributed by atoms with van der Waals surface area (Å²) in [6, 6.07) is 13.8. The molecule has 0 fully saturated rings. The zero-order valence-electron chi connectivity index (χ0n) is 11.0. The summed E-state index contributed by atoms with van der Waals surface area (Å²) < 4.78 is 1.32. The van der Waals surface area contributed by atoms with Crippen LogP contribution >= 0.6 is 22.6 Å². The summed E-state index contributed by atoms with van der Waals surface area (Å²) in [6.45, 7) is 6.90. The number of rotatable bonds is 1. The van der Waals surface area contributed by atoms with Gasteiger partial charge < -0.3 is 0 Å². The van der Waals surface area contributed by atoms with Gasteiger partial charge in [-0.25, -0.2) is 0 Å². The topological polar surface area (TPSA) is 0 Å². The number of hydrogen-bond donors (Lipinski definition) is 0. The summed E-state index contributed by atoms with van der Waals surface area (Å²) in [6.07, 6.45) is 0. The molecule has 3 rings (SSSR count). The van der Waals surface area contributed by atoms with Gasteiger partial charge in [-0.2, -0.15) is 0 Å². The zero-order chi connectivity index (χ0) is 12.9. The second-order valence-corrected chi connectivity index (χ2v) is 6.79. The van der Waals surface area contributed by atoms with Crippen LogP contribution < -0.4 is 5.46 Å². The standard InChI is InChI=1S/C16H16BI/c1-16(2)14-8-10(17-3)4-6-12(14)13-7-5-11(18)9-15(13)16/h4-9,17H,1-3H3. The Morgan fingerprint density at radius 2 is 1.56 bits per heavy atom. The van der Waals surface area contributed by atoms with E-state index in [-0.39, 0.29) is 5.41 Å². The molecule has 18 heavy (non-hydrogen) atoms. The van der Waals surface area contributed by atoms with Crippen molar-refractivity contribution < 1.29 is 0 Å². The van der Waals surface area contributed by atoms with Crippen LogP contribution in [0, 0.1) is 3.57 Å². The van der Waals surface area contributed by atoms with Crippen LogP contribution in [0.25, 0.3) is 11.1 Å². The molecule has 2 heteroatoms. The molecule has 0 unspecified atom stereocenters. The molecule has 0 amide bonds. The second-order valence-electron chi connectivity index (χ2n) is 5.55. The molecule has 0 atom stereocenters. The molecule has 0 spiro atoms. The molecule has 2 aromatic carbocycles. The maximum absolute atomic E-state index is 2.40. The fourth-order valence-electron chi connectivity index (χ4n) is 2.98. The Morgan fingerprint density at radius 1 is 0.944 bits per heavy atom. The molecule has 90 valence electrons. The number of benzene rings is 2. The van der Waals surface area contributed by atoms with E-state index in [0.29, 0.717) is 0 Å². The molecular weight excluding hydrogens is 330 g/mol. The minimum atomic E-state index is 0.136. The van der Waals surface area contributed by atoms with E-state index in [1.54, 1.807) is 0 Å². The van der Waals surface area contributed by atoms with Gasteiger partial charge in [-0.3, -0.25) is 0 Å². The highest BCUT2D eigenvalue weighted by Crippen LogP contribution is 2.48. The lowest BCUT2D eigenvalue weighted by Gasteiger charge is -2.22. The summed E-state index contributed by atoms with van der Waals surface area (Å²) in [7, 11) is 1.11. The van der Waals surface area contributed by atoms with E-state index in [1.807, 2.05) is 0 Å². The Morgan fingerprint density at radius 3 is 2.22 bits per heavy atom. The van der Waals surface area contributed by atoms with Crippen molar-refractivity contribution in [3.63, 3.8) is 0 Å². The zero-order valence-corrected chi connectivity index (χ0v) is 13.2. The van der Waals surface area contributed by atoms with Crippen LogP contribution in [0.4, 0.5) is 0 Å². The van der Waals surface area contributed by atoms with E-state index < -0.39 is 0 Å². The van der Waals surface area contributed by atoms with Crippen molar-refractivity contribution in [1.82, 2.24) is 0 Å². The average molecular weight is 346 g/mol. The lowest BCUT2D eigenvalue weighted by Crippen LogP contribution is -2.19. The van der Waals surface area contributed by atoms with Crippen LogP contribution in [0.1, 0.15) is 25.0 Å². The van der Waals surface area contributed by atoms with Crippen LogP contribution in [-0.2, 0) is 5.41 Å². The van der Waals surface area contributed by atoms with Gasteiger partial charge in [0.15, 0.2) is 7.28 Å². The Labute approximate surface area is 123 Å². The van der Waals surface area contributed by atoms with Gasteiger partial charge in [-0.05, 0) is 57.0 Å². The molecule has 0 aromatic heterocycles. The normalized spacial score (nSPS) is 15.1. The van der Waals surface area contributed by atoms with Crippen molar-refractivity contribution >= 4 is 35.3 Å². The number of hydrogen-bond acceptors (Lipinski definition) is 0. The molecule has 0 bridgehead atoms. The Balaban J connectivity index is 2.31. The second kappa shape index (κ2) is 4.12. The number of fused-ring (bicyclic) bond motifs is 3. The SMILES string of the molecule is CBc1ccc2c(c1)C(C)(C)c1cc(I)ccc1-2. The molecule has 2 aromatic rings. The van der Waals surface area contributed by atoms with Crippen molar-refractivity contribution in [1.29, 1.82) is 0 Å². The van der Waals surface area contributed by atoms with Gasteiger partial charge in [0.25, 0.3) is 0 Å². The van der Waals surface area contributed by atoms with Crippen LogP contribution in [-0.4, -0.2) is 7.28 Å². The van der Waals surface area contributed by atoms with Gasteiger partial charge >= 0.3 is 0 Å². The molecule has 0 saturated heterocycles. The van der Waals surface area contributed by atoms with E-state index in [4.69, 9.17) is 0 Å². The van der Waals surface area contributed by atoms with Crippen molar-refractivity contribution in [3.05, 3.63) is 51.1 Å². The van der Waals surface area contributed by atoms with Crippen molar-refractivity contribution in [2.45, 2.75) is 26.1 Å². The van der Waals surface area contributed by atoms with E-state index in [9.17, 15) is 0 Å². The number of halogens is 1. The Kier molecular flexibility index (Phi) is 2.81. The third-order valence-corrected chi connectivity index (χ3v) is 4.78. The third kappa shape index (κ3) is 1.65. The summed E-state index contributed by atoms with van der Waals surface area (Å²) in [5, 5.41) is 0. The van der Waals surface area contributed by atoms with Gasteiger partial charge in [0, 0.05) is 8.99 Å². The quantitative estimate of drug-likeness (QED) is 0.546. The van der Waals surface area contributed by atoms with Crippen molar-refractivity contribution in [3.8, 4) is 11.1 Å². The lowest BCUT2D eigenvalue weighted by molar-refractivity contribution is 0.660. The summed E-state index contributed by atoms with van der Waals surface area (Å²) >= 11 is 2.40. The summed E-state index contributed by atoms with van der Waals surface area (Å²) in [5.74, 6) is 0. The van der Waals surface area contributed by atoms with E-state index >= 15 is 0 Å². The van der Waals surface area contributed by atoms with Gasteiger partial charge in [0.1, 0.15) is 0 Å². The van der Waals surface area contributed by atoms with E-state index in [0.717, 1.165) is 7.28 Å². The van der Waals surface area contributed by atoms with Crippen LogP contribution in [0.2, 0.25) is 6.82 Å². The first-order valence-electron chi connectivity index (χ1n) is 6.48. The molecule has 0 heterocycles. The van der Waals surface area contributed by atoms with Gasteiger partial charge in [-0.1, -0.05) is 50.4 Å². The first kappa shape index (κ1) is 12.3. The Bertz CT molecular complexity index is 629. The molecule has 0 radical (unpaired) electrons. The average Bonchev–Trinajstić information content (AvgIpc) is 2.58. The van der Waals surface area contributed by atoms with Crippen LogP contribution in [0.5, 0.6) is 0 Å². The summed E-state index contributed by atoms with van der Waals surface area (Å²) in [4.78, 5) is 0. The molecule has 0 N–H and O–H groups in total. The third-order valence-electron chi connectivity index (χ3n) is 4.11. The Hall–Kier alpha value is -0.765. The monoisotopic (exact) mass is 346 g/mol. The van der Waals surface area contributed by atoms with E-state index in [2.05, 4.69) is 79.7 Å². The smallest absolute Gasteiger partial charge is 0.0849 e. The minimum Gasteiger partial charge on any atom is -0.0849 e. The fourth-order valence-corrected chi connectivity index (χ4v) is 3.47. The van der Waals surface area contributed by atoms with Gasteiger partial charge in [0.05, 0.1) is 0 Å². The highest BCUT2D eigenvalue weighted by Gasteiger charge is 2.35. The minimum absolute atomic E-state index is 0.136. The van der Waals surface area contributed by atoms with Crippen LogP contribution in [0.3, 0.4) is 0 Å². The van der Waals surface area contributed by atoms with E-state index in [1.165, 1.54) is 31.3 Å². The largest absolute Gasteiger partial charge is 0.154 e. The van der Waals surface area contributed by atoms with Crippen molar-refractivity contribution in [2.75, 3.05) is 0 Å². The maximum Gasteiger partial charge on any atom is 0.154 e. The molecule has 0 aliphatic heterocycles. The predicted molar refractivity (Wildman–Crippen MR) is 89.4 cm³/mol. The molecular formula is C16H16BI. The highest BCUT2D eigenvalue weighted by atomic mass is 127.